The Morgan fingerprint density at radius 3 is 2.49 bits per heavy atom. The molecule has 0 bridgehead atoms. The van der Waals surface area contributed by atoms with E-state index in [-0.39, 0.29) is 17.1 Å². The number of nitriles is 1. The Bertz CT molecular complexity index is 1620. The molecule has 1 aliphatic rings. The minimum absolute atomic E-state index is 0.0401. The monoisotopic (exact) mass is 520 g/mol. The highest BCUT2D eigenvalue weighted by atomic mass is 16.6. The van der Waals surface area contributed by atoms with Crippen molar-refractivity contribution < 1.29 is 14.5 Å². The van der Waals surface area contributed by atoms with E-state index in [1.165, 1.54) is 40.0 Å². The normalized spacial score (nSPS) is 13.1. The van der Waals surface area contributed by atoms with E-state index < -0.39 is 22.8 Å². The average Bonchev–Trinajstić information content (AvgIpc) is 3.58. The van der Waals surface area contributed by atoms with Crippen LogP contribution in [0, 0.1) is 21.4 Å². The molecule has 1 unspecified atom stereocenters. The van der Waals surface area contributed by atoms with Crippen LogP contribution in [0.2, 0.25) is 0 Å². The summed E-state index contributed by atoms with van der Waals surface area (Å²) in [4.78, 5) is 38.8. The van der Waals surface area contributed by atoms with Gasteiger partial charge in [0.25, 0.3) is 17.5 Å². The summed E-state index contributed by atoms with van der Waals surface area (Å²) in [5.41, 5.74) is 2.56. The molecule has 1 atom stereocenters. The fraction of sp³-hybridized carbons (Fsp3) is 0.111. The Morgan fingerprint density at radius 2 is 1.77 bits per heavy atom. The summed E-state index contributed by atoms with van der Waals surface area (Å²) in [6.07, 6.45) is 2.03. The van der Waals surface area contributed by atoms with Gasteiger partial charge < -0.3 is 10.2 Å². The third kappa shape index (κ3) is 5.23. The van der Waals surface area contributed by atoms with Crippen molar-refractivity contribution in [1.82, 2.24) is 9.78 Å². The van der Waals surface area contributed by atoms with Gasteiger partial charge in [-0.3, -0.25) is 19.7 Å². The zero-order valence-corrected chi connectivity index (χ0v) is 20.3. The van der Waals surface area contributed by atoms with Crippen molar-refractivity contribution in [3.8, 4) is 11.8 Å². The van der Waals surface area contributed by atoms with Gasteiger partial charge in [-0.15, -0.1) is 10.2 Å². The standard InChI is InChI=1S/C27H20N8O4/c28-16-19-17-34(21-10-12-22(13-11-21)35(38)39)32-25(19)31-30-24(26(36)29-20-7-2-1-3-8-20)27(37)33-15-14-18-6-4-5-9-23(18)33/h1-13,17,24H,14-15H2,(H,29,36). The highest BCUT2D eigenvalue weighted by Crippen LogP contribution is 2.29. The minimum Gasteiger partial charge on any atom is -0.324 e. The van der Waals surface area contributed by atoms with Gasteiger partial charge >= 0.3 is 0 Å². The SMILES string of the molecule is N#Cc1cn(-c2ccc([N+](=O)[O-])cc2)nc1N=NC(C(=O)Nc1ccccc1)C(=O)N1CCc2ccccc21. The number of nitro groups is 1. The third-order valence-electron chi connectivity index (χ3n) is 6.08. The van der Waals surface area contributed by atoms with Crippen LogP contribution in [-0.2, 0) is 16.0 Å². The molecule has 0 spiro atoms. The minimum atomic E-state index is -1.55. The van der Waals surface area contributed by atoms with Crippen molar-refractivity contribution in [3.63, 3.8) is 0 Å². The summed E-state index contributed by atoms with van der Waals surface area (Å²) >= 11 is 0. The molecule has 1 aliphatic heterocycles. The van der Waals surface area contributed by atoms with E-state index >= 15 is 0 Å². The molecule has 1 N–H and O–H groups in total. The molecule has 0 radical (unpaired) electrons. The van der Waals surface area contributed by atoms with E-state index in [1.807, 2.05) is 30.3 Å². The molecule has 2 amide bonds. The van der Waals surface area contributed by atoms with Crippen LogP contribution in [0.4, 0.5) is 22.9 Å². The maximum atomic E-state index is 13.6. The van der Waals surface area contributed by atoms with E-state index in [1.54, 1.807) is 30.3 Å². The van der Waals surface area contributed by atoms with Gasteiger partial charge in [-0.1, -0.05) is 36.4 Å². The van der Waals surface area contributed by atoms with E-state index in [0.29, 0.717) is 30.0 Å². The smallest absolute Gasteiger partial charge is 0.269 e. The lowest BCUT2D eigenvalue weighted by atomic mass is 10.1. The van der Waals surface area contributed by atoms with E-state index in [0.717, 1.165) is 5.56 Å². The van der Waals surface area contributed by atoms with Gasteiger partial charge in [0.15, 0.2) is 0 Å². The van der Waals surface area contributed by atoms with Crippen molar-refractivity contribution in [2.45, 2.75) is 12.5 Å². The van der Waals surface area contributed by atoms with Gasteiger partial charge in [-0.2, -0.15) is 10.4 Å². The first kappa shape index (κ1) is 25.0. The lowest BCUT2D eigenvalue weighted by Gasteiger charge is -2.20. The van der Waals surface area contributed by atoms with Crippen LogP contribution in [0.25, 0.3) is 5.69 Å². The molecule has 0 saturated carbocycles. The van der Waals surface area contributed by atoms with Crippen LogP contribution in [0.5, 0.6) is 0 Å². The highest BCUT2D eigenvalue weighted by molar-refractivity contribution is 6.15. The summed E-state index contributed by atoms with van der Waals surface area (Å²) in [5.74, 6) is -1.36. The van der Waals surface area contributed by atoms with Crippen LogP contribution in [-0.4, -0.2) is 39.1 Å². The zero-order valence-electron chi connectivity index (χ0n) is 20.3. The molecular formula is C27H20N8O4. The molecule has 1 aromatic heterocycles. The molecule has 192 valence electrons. The van der Waals surface area contributed by atoms with E-state index in [4.69, 9.17) is 0 Å². The lowest BCUT2D eigenvalue weighted by molar-refractivity contribution is -0.384. The summed E-state index contributed by atoms with van der Waals surface area (Å²) in [7, 11) is 0. The predicted molar refractivity (Wildman–Crippen MR) is 141 cm³/mol. The number of aromatic nitrogens is 2. The van der Waals surface area contributed by atoms with Crippen molar-refractivity contribution in [1.29, 1.82) is 5.26 Å². The van der Waals surface area contributed by atoms with Crippen LogP contribution in [0.15, 0.2) is 95.3 Å². The maximum absolute atomic E-state index is 13.6. The fourth-order valence-electron chi connectivity index (χ4n) is 4.15. The van der Waals surface area contributed by atoms with Crippen molar-refractivity contribution >= 4 is 34.7 Å². The van der Waals surface area contributed by atoms with E-state index in [9.17, 15) is 25.0 Å². The molecule has 5 rings (SSSR count). The average molecular weight is 521 g/mol. The van der Waals surface area contributed by atoms with Gasteiger partial charge in [0.2, 0.25) is 11.9 Å². The number of fused-ring (bicyclic) bond motifs is 1. The zero-order chi connectivity index (χ0) is 27.4. The molecule has 2 heterocycles. The number of azo groups is 1. The number of carbonyl (C=O) groups excluding carboxylic acids is 2. The number of rotatable bonds is 7. The second kappa shape index (κ2) is 10.7. The molecule has 3 aromatic carbocycles. The topological polar surface area (TPSA) is 159 Å². The van der Waals surface area contributed by atoms with Gasteiger partial charge in [-0.05, 0) is 42.3 Å². The van der Waals surface area contributed by atoms with Crippen molar-refractivity contribution in [3.05, 3.63) is 106 Å². The Balaban J connectivity index is 1.46. The number of hydrogen-bond acceptors (Lipinski definition) is 8. The Hall–Kier alpha value is -5.70. The quantitative estimate of drug-likeness (QED) is 0.165. The number of benzene rings is 3. The number of para-hydroxylation sites is 2. The molecule has 0 fully saturated rings. The van der Waals surface area contributed by atoms with Crippen LogP contribution < -0.4 is 10.2 Å². The molecule has 0 saturated heterocycles. The first-order chi connectivity index (χ1) is 18.9. The Morgan fingerprint density at radius 1 is 1.05 bits per heavy atom. The Labute approximate surface area is 222 Å². The fourth-order valence-corrected chi connectivity index (χ4v) is 4.15. The number of nitrogens with one attached hydrogen (secondary N) is 1. The van der Waals surface area contributed by atoms with Gasteiger partial charge in [0, 0.05) is 30.1 Å². The Kier molecular flexibility index (Phi) is 6.87. The first-order valence-electron chi connectivity index (χ1n) is 11.9. The number of carbonyl (C=O) groups is 2. The summed E-state index contributed by atoms with van der Waals surface area (Å²) in [6, 6.07) is 22.0. The highest BCUT2D eigenvalue weighted by Gasteiger charge is 2.35. The number of non-ortho nitro benzene ring substituents is 1. The van der Waals surface area contributed by atoms with Crippen LogP contribution >= 0.6 is 0 Å². The van der Waals surface area contributed by atoms with Crippen LogP contribution in [0.1, 0.15) is 11.1 Å². The number of anilines is 2. The second-order valence-corrected chi connectivity index (χ2v) is 8.54. The second-order valence-electron chi connectivity index (χ2n) is 8.54. The lowest BCUT2D eigenvalue weighted by Crippen LogP contribution is -2.43. The predicted octanol–water partition coefficient (Wildman–Crippen LogP) is 4.33. The van der Waals surface area contributed by atoms with Gasteiger partial charge in [0.05, 0.1) is 16.8 Å². The molecule has 39 heavy (non-hydrogen) atoms. The molecular weight excluding hydrogens is 500 g/mol. The van der Waals surface area contributed by atoms with Gasteiger partial charge in [0.1, 0.15) is 11.6 Å². The number of hydrogen-bond donors (Lipinski definition) is 1. The number of amides is 2. The summed E-state index contributed by atoms with van der Waals surface area (Å²) in [5, 5.41) is 35.6. The molecule has 0 aliphatic carbocycles. The van der Waals surface area contributed by atoms with Gasteiger partial charge in [-0.25, -0.2) is 4.68 Å². The number of nitro benzene ring substituents is 1. The molecule has 12 nitrogen and oxygen atoms in total. The molecule has 4 aromatic rings. The van der Waals surface area contributed by atoms with Crippen LogP contribution in [0.3, 0.4) is 0 Å². The molecule has 12 heteroatoms. The maximum Gasteiger partial charge on any atom is 0.269 e. The summed E-state index contributed by atoms with van der Waals surface area (Å²) < 4.78 is 1.31. The third-order valence-corrected chi connectivity index (χ3v) is 6.08. The first-order valence-corrected chi connectivity index (χ1v) is 11.9. The van der Waals surface area contributed by atoms with Crippen molar-refractivity contribution in [2.24, 2.45) is 10.2 Å². The largest absolute Gasteiger partial charge is 0.324 e. The summed E-state index contributed by atoms with van der Waals surface area (Å²) in [6.45, 7) is 0.390. The van der Waals surface area contributed by atoms with Crippen molar-refractivity contribution in [2.75, 3.05) is 16.8 Å². The number of nitrogens with zero attached hydrogens (tertiary/aromatic N) is 7. The van der Waals surface area contributed by atoms with E-state index in [2.05, 4.69) is 20.6 Å².